The molecule has 5 rings (SSSR count). The lowest BCUT2D eigenvalue weighted by atomic mass is 9.77. The molecule has 1 aromatic rings. The number of hydrazine groups is 2. The van der Waals surface area contributed by atoms with Crippen molar-refractivity contribution in [3.8, 4) is 0 Å². The quantitative estimate of drug-likeness (QED) is 0.644. The molecule has 0 bridgehead atoms. The number of carbonyl (C=O) groups is 1. The van der Waals surface area contributed by atoms with Crippen LogP contribution in [-0.2, 0) is 4.79 Å². The van der Waals surface area contributed by atoms with Crippen molar-refractivity contribution in [1.29, 1.82) is 0 Å². The van der Waals surface area contributed by atoms with Crippen LogP contribution in [0.3, 0.4) is 0 Å². The van der Waals surface area contributed by atoms with Crippen molar-refractivity contribution >= 4 is 5.91 Å². The largest absolute Gasteiger partial charge is 0.366 e. The molecule has 1 amide bonds. The van der Waals surface area contributed by atoms with E-state index in [0.717, 1.165) is 25.1 Å². The third kappa shape index (κ3) is 2.64. The molecule has 1 saturated carbocycles. The summed E-state index contributed by atoms with van der Waals surface area (Å²) in [4.78, 5) is 12.8. The van der Waals surface area contributed by atoms with Crippen LogP contribution in [0.4, 0.5) is 0 Å². The molecule has 4 N–H and O–H groups in total. The van der Waals surface area contributed by atoms with Crippen LogP contribution in [0.2, 0.25) is 0 Å². The van der Waals surface area contributed by atoms with E-state index in [4.69, 9.17) is 0 Å². The van der Waals surface area contributed by atoms with Gasteiger partial charge in [-0.25, -0.2) is 5.43 Å². The van der Waals surface area contributed by atoms with Crippen molar-refractivity contribution in [1.82, 2.24) is 26.6 Å². The molecular formula is C20H27N5O. The molecule has 6 nitrogen and oxygen atoms in total. The van der Waals surface area contributed by atoms with Crippen LogP contribution < -0.4 is 21.6 Å². The highest BCUT2D eigenvalue weighted by Crippen LogP contribution is 2.38. The number of carbonyl (C=O) groups excluding carboxylic acids is 1. The summed E-state index contributed by atoms with van der Waals surface area (Å²) in [6.45, 7) is 3.19. The second kappa shape index (κ2) is 6.37. The summed E-state index contributed by atoms with van der Waals surface area (Å²) in [5.41, 5.74) is 12.5. The minimum Gasteiger partial charge on any atom is -0.366 e. The fraction of sp³-hybridized carbons (Fsp3) is 0.550. The second-order valence-corrected chi connectivity index (χ2v) is 8.15. The molecule has 26 heavy (non-hydrogen) atoms. The van der Waals surface area contributed by atoms with Crippen LogP contribution in [-0.4, -0.2) is 35.7 Å². The minimum absolute atomic E-state index is 0.0162. The van der Waals surface area contributed by atoms with Gasteiger partial charge in [0.2, 0.25) is 0 Å². The maximum absolute atomic E-state index is 12.8. The molecule has 3 heterocycles. The van der Waals surface area contributed by atoms with Crippen LogP contribution in [0.5, 0.6) is 0 Å². The molecule has 3 fully saturated rings. The summed E-state index contributed by atoms with van der Waals surface area (Å²) in [6.07, 6.45) is 5.25. The van der Waals surface area contributed by atoms with Gasteiger partial charge in [0.1, 0.15) is 6.17 Å². The lowest BCUT2D eigenvalue weighted by molar-refractivity contribution is -0.131. The van der Waals surface area contributed by atoms with Gasteiger partial charge in [-0.2, -0.15) is 0 Å². The number of benzene rings is 1. The molecule has 4 aliphatic rings. The second-order valence-electron chi connectivity index (χ2n) is 8.15. The van der Waals surface area contributed by atoms with Crippen LogP contribution in [0.15, 0.2) is 42.1 Å². The Balaban J connectivity index is 1.39. The average molecular weight is 353 g/mol. The van der Waals surface area contributed by atoms with Gasteiger partial charge in [-0.1, -0.05) is 30.3 Å². The first-order chi connectivity index (χ1) is 12.7. The molecule has 138 valence electrons. The molecule has 1 aromatic carbocycles. The van der Waals surface area contributed by atoms with Crippen LogP contribution in [0.1, 0.15) is 37.7 Å². The van der Waals surface area contributed by atoms with Gasteiger partial charge in [0.05, 0.1) is 0 Å². The van der Waals surface area contributed by atoms with Gasteiger partial charge < -0.3 is 5.32 Å². The Kier molecular flexibility index (Phi) is 3.99. The topological polar surface area (TPSA) is 68.4 Å². The van der Waals surface area contributed by atoms with Crippen molar-refractivity contribution < 1.29 is 4.79 Å². The van der Waals surface area contributed by atoms with Gasteiger partial charge >= 0.3 is 0 Å². The highest BCUT2D eigenvalue weighted by atomic mass is 16.2. The standard InChI is InChI=1S/C20H27N5O/c1-12-19(13-5-3-2-4-6-13)20-22-17(10-18(26)25(20)24-12)14-7-8-16-15(9-14)11-21-23-16/h2-6,10,12,14-16,19-24H,7-9,11H2,1H3. The normalized spacial score (nSPS) is 39.2. The number of nitrogens with zero attached hydrogens (tertiary/aromatic N) is 1. The van der Waals surface area contributed by atoms with E-state index >= 15 is 0 Å². The number of hydrogen-bond acceptors (Lipinski definition) is 5. The average Bonchev–Trinajstić information content (AvgIpc) is 3.25. The number of hydrogen-bond donors (Lipinski definition) is 4. The Morgan fingerprint density at radius 3 is 2.85 bits per heavy atom. The van der Waals surface area contributed by atoms with Crippen molar-refractivity contribution in [3.63, 3.8) is 0 Å². The van der Waals surface area contributed by atoms with Crippen LogP contribution >= 0.6 is 0 Å². The number of nitrogens with one attached hydrogen (secondary N) is 4. The number of fused-ring (bicyclic) bond motifs is 2. The zero-order chi connectivity index (χ0) is 17.7. The van der Waals surface area contributed by atoms with Gasteiger partial charge in [-0.05, 0) is 43.6 Å². The van der Waals surface area contributed by atoms with Crippen molar-refractivity contribution in [2.75, 3.05) is 6.54 Å². The van der Waals surface area contributed by atoms with E-state index in [1.807, 2.05) is 12.1 Å². The molecular weight excluding hydrogens is 326 g/mol. The third-order valence-electron chi connectivity index (χ3n) is 6.59. The monoisotopic (exact) mass is 353 g/mol. The molecule has 0 radical (unpaired) electrons. The number of allylic oxidation sites excluding steroid dienone is 1. The first-order valence-electron chi connectivity index (χ1n) is 9.81. The van der Waals surface area contributed by atoms with E-state index in [2.05, 4.69) is 52.8 Å². The summed E-state index contributed by atoms with van der Waals surface area (Å²) < 4.78 is 0. The first-order valence-corrected chi connectivity index (χ1v) is 9.81. The predicted octanol–water partition coefficient (Wildman–Crippen LogP) is 1.21. The fourth-order valence-electron chi connectivity index (χ4n) is 5.25. The lowest BCUT2D eigenvalue weighted by Crippen LogP contribution is -2.54. The van der Waals surface area contributed by atoms with Gasteiger partial charge in [0.15, 0.2) is 0 Å². The summed E-state index contributed by atoms with van der Waals surface area (Å²) in [5, 5.41) is 5.53. The lowest BCUT2D eigenvalue weighted by Gasteiger charge is -2.38. The highest BCUT2D eigenvalue weighted by molar-refractivity contribution is 5.89. The Morgan fingerprint density at radius 2 is 2.00 bits per heavy atom. The Morgan fingerprint density at radius 1 is 1.15 bits per heavy atom. The third-order valence-corrected chi connectivity index (χ3v) is 6.59. The van der Waals surface area contributed by atoms with Crippen molar-refractivity contribution in [2.24, 2.45) is 11.8 Å². The Hall–Kier alpha value is -1.89. The molecule has 0 spiro atoms. The van der Waals surface area contributed by atoms with E-state index in [9.17, 15) is 4.79 Å². The van der Waals surface area contributed by atoms with Crippen molar-refractivity contribution in [2.45, 2.75) is 50.4 Å². The number of amides is 1. The summed E-state index contributed by atoms with van der Waals surface area (Å²) in [5.74, 6) is 1.44. The minimum atomic E-state index is -0.0162. The van der Waals surface area contributed by atoms with E-state index in [1.165, 1.54) is 12.0 Å². The zero-order valence-corrected chi connectivity index (χ0v) is 15.1. The summed E-state index contributed by atoms with van der Waals surface area (Å²) in [6, 6.07) is 11.3. The maximum Gasteiger partial charge on any atom is 0.264 e. The highest BCUT2D eigenvalue weighted by Gasteiger charge is 2.46. The Labute approximate surface area is 154 Å². The molecule has 2 saturated heterocycles. The Bertz CT molecular complexity index is 720. The zero-order valence-electron chi connectivity index (χ0n) is 15.1. The molecule has 6 heteroatoms. The van der Waals surface area contributed by atoms with E-state index in [0.29, 0.717) is 17.9 Å². The van der Waals surface area contributed by atoms with E-state index in [1.54, 1.807) is 5.01 Å². The molecule has 3 aliphatic heterocycles. The van der Waals surface area contributed by atoms with Crippen LogP contribution in [0, 0.1) is 11.8 Å². The molecule has 6 unspecified atom stereocenters. The van der Waals surface area contributed by atoms with Crippen LogP contribution in [0.25, 0.3) is 0 Å². The molecule has 6 atom stereocenters. The van der Waals surface area contributed by atoms with Gasteiger partial charge in [0, 0.05) is 36.3 Å². The molecule has 1 aliphatic carbocycles. The SMILES string of the molecule is CC1NN2C(=O)C=C(C3CCC4NNCC4C3)NC2C1c1ccccc1. The van der Waals surface area contributed by atoms with Gasteiger partial charge in [-0.15, -0.1) is 0 Å². The van der Waals surface area contributed by atoms with Gasteiger partial charge in [0.25, 0.3) is 5.91 Å². The fourth-order valence-corrected chi connectivity index (χ4v) is 5.25. The summed E-state index contributed by atoms with van der Waals surface area (Å²) >= 11 is 0. The molecule has 0 aromatic heterocycles. The predicted molar refractivity (Wildman–Crippen MR) is 99.4 cm³/mol. The number of rotatable bonds is 2. The van der Waals surface area contributed by atoms with Gasteiger partial charge in [-0.3, -0.25) is 20.7 Å². The summed E-state index contributed by atoms with van der Waals surface area (Å²) in [7, 11) is 0. The van der Waals surface area contributed by atoms with Crippen molar-refractivity contribution in [3.05, 3.63) is 47.7 Å². The maximum atomic E-state index is 12.8. The smallest absolute Gasteiger partial charge is 0.264 e. The van der Waals surface area contributed by atoms with E-state index in [-0.39, 0.29) is 24.0 Å². The first kappa shape index (κ1) is 16.3. The van der Waals surface area contributed by atoms with E-state index < -0.39 is 0 Å².